The molecular formula is C11H13N3O2S. The van der Waals surface area contributed by atoms with E-state index < -0.39 is 15.1 Å². The lowest BCUT2D eigenvalue weighted by molar-refractivity contribution is 0.588. The third kappa shape index (κ3) is 1.84. The van der Waals surface area contributed by atoms with Gasteiger partial charge in [0.25, 0.3) is 0 Å². The van der Waals surface area contributed by atoms with Crippen LogP contribution in [0.1, 0.15) is 13.8 Å². The Balaban J connectivity index is 2.90. The van der Waals surface area contributed by atoms with Gasteiger partial charge in [0.2, 0.25) is 0 Å². The van der Waals surface area contributed by atoms with E-state index in [1.807, 2.05) is 0 Å². The Bertz CT molecular complexity index is 665. The van der Waals surface area contributed by atoms with E-state index in [1.165, 1.54) is 12.4 Å². The van der Waals surface area contributed by atoms with Crippen LogP contribution >= 0.6 is 0 Å². The Hall–Kier alpha value is -1.69. The highest BCUT2D eigenvalue weighted by Crippen LogP contribution is 2.28. The average Bonchev–Trinajstić information content (AvgIpc) is 2.28. The van der Waals surface area contributed by atoms with E-state index in [9.17, 15) is 8.42 Å². The molecule has 0 amide bonds. The Morgan fingerprint density at radius 3 is 2.47 bits per heavy atom. The van der Waals surface area contributed by atoms with Gasteiger partial charge in [0.05, 0.1) is 16.5 Å². The molecule has 6 heteroatoms. The molecule has 1 aromatic carbocycles. The van der Waals surface area contributed by atoms with Gasteiger partial charge in [0.1, 0.15) is 10.4 Å². The van der Waals surface area contributed by atoms with Crippen LogP contribution in [0, 0.1) is 0 Å². The monoisotopic (exact) mass is 251 g/mol. The van der Waals surface area contributed by atoms with E-state index in [0.29, 0.717) is 11.0 Å². The maximum Gasteiger partial charge on any atom is 0.184 e. The summed E-state index contributed by atoms with van der Waals surface area (Å²) < 4.78 is 24.4. The van der Waals surface area contributed by atoms with Crippen LogP contribution in [0.2, 0.25) is 0 Å². The Morgan fingerprint density at radius 1 is 1.18 bits per heavy atom. The first-order valence-corrected chi connectivity index (χ1v) is 6.72. The zero-order valence-electron chi connectivity index (χ0n) is 9.58. The van der Waals surface area contributed by atoms with E-state index >= 15 is 0 Å². The van der Waals surface area contributed by atoms with Crippen molar-refractivity contribution in [3.8, 4) is 0 Å². The van der Waals surface area contributed by atoms with Crippen molar-refractivity contribution >= 4 is 26.6 Å². The molecule has 0 spiro atoms. The molecule has 0 bridgehead atoms. The topological polar surface area (TPSA) is 85.9 Å². The molecule has 0 aliphatic carbocycles. The number of nitrogens with two attached hydrogens (primary N) is 1. The van der Waals surface area contributed by atoms with Crippen molar-refractivity contribution in [2.45, 2.75) is 24.0 Å². The fourth-order valence-electron chi connectivity index (χ4n) is 1.56. The van der Waals surface area contributed by atoms with Crippen LogP contribution in [0.15, 0.2) is 29.4 Å². The number of fused-ring (bicyclic) bond motifs is 1. The molecule has 0 atom stereocenters. The quantitative estimate of drug-likeness (QED) is 0.815. The molecule has 0 unspecified atom stereocenters. The van der Waals surface area contributed by atoms with Gasteiger partial charge in [-0.25, -0.2) is 8.42 Å². The van der Waals surface area contributed by atoms with Crippen molar-refractivity contribution in [3.63, 3.8) is 0 Å². The third-order valence-electron chi connectivity index (χ3n) is 2.53. The van der Waals surface area contributed by atoms with Crippen molar-refractivity contribution in [2.75, 3.05) is 5.73 Å². The first-order valence-electron chi connectivity index (χ1n) is 5.17. The van der Waals surface area contributed by atoms with Crippen molar-refractivity contribution in [1.29, 1.82) is 0 Å². The van der Waals surface area contributed by atoms with Gasteiger partial charge in [-0.3, -0.25) is 9.97 Å². The van der Waals surface area contributed by atoms with Gasteiger partial charge < -0.3 is 5.73 Å². The van der Waals surface area contributed by atoms with Crippen LogP contribution in [0.3, 0.4) is 0 Å². The summed E-state index contributed by atoms with van der Waals surface area (Å²) in [5.41, 5.74) is 6.84. The van der Waals surface area contributed by atoms with Gasteiger partial charge >= 0.3 is 0 Å². The molecule has 2 N–H and O–H groups in total. The number of hydrogen-bond acceptors (Lipinski definition) is 5. The van der Waals surface area contributed by atoms with Crippen LogP contribution in [-0.2, 0) is 9.84 Å². The van der Waals surface area contributed by atoms with E-state index in [-0.39, 0.29) is 10.6 Å². The van der Waals surface area contributed by atoms with Crippen molar-refractivity contribution in [1.82, 2.24) is 9.97 Å². The minimum absolute atomic E-state index is 0.0816. The minimum atomic E-state index is -3.46. The molecule has 1 heterocycles. The van der Waals surface area contributed by atoms with Crippen molar-refractivity contribution < 1.29 is 8.42 Å². The Morgan fingerprint density at radius 2 is 1.82 bits per heavy atom. The van der Waals surface area contributed by atoms with E-state index in [1.54, 1.807) is 26.0 Å². The number of rotatable bonds is 2. The zero-order valence-corrected chi connectivity index (χ0v) is 10.4. The standard InChI is InChI=1S/C11H13N3O2S/c1-7(2)17(15,16)11-8(12)3-4-9-10(11)14-6-5-13-9/h3-7H,12H2,1-2H3. The molecule has 0 aliphatic rings. The summed E-state index contributed by atoms with van der Waals surface area (Å²) in [6, 6.07) is 3.21. The van der Waals surface area contributed by atoms with Gasteiger partial charge in [0, 0.05) is 12.4 Å². The number of hydrogen-bond donors (Lipinski definition) is 1. The number of benzene rings is 1. The lowest BCUT2D eigenvalue weighted by Crippen LogP contribution is -2.16. The highest BCUT2D eigenvalue weighted by Gasteiger charge is 2.25. The summed E-state index contributed by atoms with van der Waals surface area (Å²) in [4.78, 5) is 8.22. The average molecular weight is 251 g/mol. The highest BCUT2D eigenvalue weighted by molar-refractivity contribution is 7.92. The number of nitrogen functional groups attached to an aromatic ring is 1. The molecule has 0 saturated carbocycles. The van der Waals surface area contributed by atoms with E-state index in [2.05, 4.69) is 9.97 Å². The van der Waals surface area contributed by atoms with Gasteiger partial charge in [-0.05, 0) is 26.0 Å². The lowest BCUT2D eigenvalue weighted by Gasteiger charge is -2.12. The van der Waals surface area contributed by atoms with Gasteiger partial charge in [-0.2, -0.15) is 0 Å². The number of sulfone groups is 1. The molecule has 2 aromatic rings. The molecule has 0 radical (unpaired) electrons. The molecule has 17 heavy (non-hydrogen) atoms. The SMILES string of the molecule is CC(C)S(=O)(=O)c1c(N)ccc2nccnc12. The Labute approximate surface area is 99.6 Å². The fourth-order valence-corrected chi connectivity index (χ4v) is 2.86. The molecule has 90 valence electrons. The summed E-state index contributed by atoms with van der Waals surface area (Å²) >= 11 is 0. The number of aromatic nitrogens is 2. The fraction of sp³-hybridized carbons (Fsp3) is 0.273. The second kappa shape index (κ2) is 3.96. The van der Waals surface area contributed by atoms with Gasteiger partial charge in [-0.15, -0.1) is 0 Å². The summed E-state index contributed by atoms with van der Waals surface area (Å²) in [7, 11) is -3.46. The van der Waals surface area contributed by atoms with Crippen LogP contribution in [-0.4, -0.2) is 23.6 Å². The summed E-state index contributed by atoms with van der Waals surface area (Å²) in [6.07, 6.45) is 2.98. The predicted octanol–water partition coefficient (Wildman–Crippen LogP) is 1.39. The van der Waals surface area contributed by atoms with Gasteiger partial charge in [-0.1, -0.05) is 0 Å². The second-order valence-electron chi connectivity index (χ2n) is 4.00. The number of nitrogens with zero attached hydrogens (tertiary/aromatic N) is 2. The number of anilines is 1. The molecule has 1 aromatic heterocycles. The van der Waals surface area contributed by atoms with Crippen molar-refractivity contribution in [2.24, 2.45) is 0 Å². The lowest BCUT2D eigenvalue weighted by atomic mass is 10.2. The largest absolute Gasteiger partial charge is 0.398 e. The van der Waals surface area contributed by atoms with E-state index in [0.717, 1.165) is 0 Å². The zero-order chi connectivity index (χ0) is 12.6. The van der Waals surface area contributed by atoms with Crippen LogP contribution in [0.5, 0.6) is 0 Å². The van der Waals surface area contributed by atoms with Crippen LogP contribution in [0.4, 0.5) is 5.69 Å². The molecule has 0 aliphatic heterocycles. The minimum Gasteiger partial charge on any atom is -0.398 e. The Kier molecular flexibility index (Phi) is 2.74. The van der Waals surface area contributed by atoms with Crippen LogP contribution in [0.25, 0.3) is 11.0 Å². The summed E-state index contributed by atoms with van der Waals surface area (Å²) in [5.74, 6) is 0. The van der Waals surface area contributed by atoms with Crippen molar-refractivity contribution in [3.05, 3.63) is 24.5 Å². The molecule has 0 saturated heterocycles. The first-order chi connectivity index (χ1) is 7.94. The smallest absolute Gasteiger partial charge is 0.184 e. The molecular weight excluding hydrogens is 238 g/mol. The molecule has 5 nitrogen and oxygen atoms in total. The maximum absolute atomic E-state index is 12.2. The third-order valence-corrected chi connectivity index (χ3v) is 4.77. The second-order valence-corrected chi connectivity index (χ2v) is 6.44. The summed E-state index contributed by atoms with van der Waals surface area (Å²) in [5, 5.41) is -0.544. The van der Waals surface area contributed by atoms with E-state index in [4.69, 9.17) is 5.73 Å². The molecule has 0 fully saturated rings. The van der Waals surface area contributed by atoms with Crippen LogP contribution < -0.4 is 5.73 Å². The predicted molar refractivity (Wildman–Crippen MR) is 66.3 cm³/mol. The first kappa shape index (κ1) is 11.8. The molecule has 2 rings (SSSR count). The summed E-state index contributed by atoms with van der Waals surface area (Å²) in [6.45, 7) is 3.23. The normalized spacial score (nSPS) is 12.2. The van der Waals surface area contributed by atoms with Gasteiger partial charge in [0.15, 0.2) is 9.84 Å². The highest BCUT2D eigenvalue weighted by atomic mass is 32.2. The maximum atomic E-state index is 12.2.